The number of ether oxygens (including phenoxy) is 2. The van der Waals surface area contributed by atoms with Crippen LogP contribution in [-0.4, -0.2) is 30.7 Å². The molecule has 22 heavy (non-hydrogen) atoms. The molecule has 0 saturated carbocycles. The molecule has 1 aliphatic heterocycles. The molecule has 2 heterocycles. The number of aryl methyl sites for hydroxylation is 1. The standard InChI is InChI=1S/C16H16BrNO4/c1-21-14(19)16(15(20)22-2)7-4-8-18-12-6-3-5-11(17)10(12)9-13(16)18/h3,5-6,9H,4,7-8H2,1-2H3. The summed E-state index contributed by atoms with van der Waals surface area (Å²) in [5.41, 5.74) is 0.237. The van der Waals surface area contributed by atoms with Crippen molar-refractivity contribution in [3.63, 3.8) is 0 Å². The SMILES string of the molecule is COC(=O)C1(C(=O)OC)CCCn2c1cc1c(Br)cccc12. The Morgan fingerprint density at radius 1 is 1.23 bits per heavy atom. The van der Waals surface area contributed by atoms with Crippen molar-refractivity contribution in [2.45, 2.75) is 24.8 Å². The summed E-state index contributed by atoms with van der Waals surface area (Å²) in [5.74, 6) is -1.14. The lowest BCUT2D eigenvalue weighted by molar-refractivity contribution is -0.163. The summed E-state index contributed by atoms with van der Waals surface area (Å²) >= 11 is 3.52. The first-order valence-electron chi connectivity index (χ1n) is 7.01. The van der Waals surface area contributed by atoms with Crippen molar-refractivity contribution in [2.75, 3.05) is 14.2 Å². The summed E-state index contributed by atoms with van der Waals surface area (Å²) < 4.78 is 12.8. The maximum atomic E-state index is 12.5. The van der Waals surface area contributed by atoms with Crippen LogP contribution in [0.5, 0.6) is 0 Å². The average molecular weight is 366 g/mol. The van der Waals surface area contributed by atoms with Gasteiger partial charge in [-0.25, -0.2) is 0 Å². The first-order valence-corrected chi connectivity index (χ1v) is 7.80. The molecule has 0 spiro atoms. The number of aromatic nitrogens is 1. The van der Waals surface area contributed by atoms with Gasteiger partial charge in [0.15, 0.2) is 0 Å². The van der Waals surface area contributed by atoms with Crippen LogP contribution >= 0.6 is 15.9 Å². The van der Waals surface area contributed by atoms with Gasteiger partial charge in [-0.2, -0.15) is 0 Å². The highest BCUT2D eigenvalue weighted by molar-refractivity contribution is 9.10. The minimum absolute atomic E-state index is 0.389. The van der Waals surface area contributed by atoms with Crippen molar-refractivity contribution in [1.29, 1.82) is 0 Å². The van der Waals surface area contributed by atoms with Crippen molar-refractivity contribution in [1.82, 2.24) is 4.57 Å². The molecule has 0 amide bonds. The number of halogens is 1. The summed E-state index contributed by atoms with van der Waals surface area (Å²) in [4.78, 5) is 24.9. The van der Waals surface area contributed by atoms with Gasteiger partial charge in [-0.1, -0.05) is 22.0 Å². The maximum absolute atomic E-state index is 12.5. The zero-order valence-electron chi connectivity index (χ0n) is 12.4. The van der Waals surface area contributed by atoms with Gasteiger partial charge in [0.25, 0.3) is 0 Å². The van der Waals surface area contributed by atoms with Gasteiger partial charge >= 0.3 is 11.9 Å². The first-order chi connectivity index (χ1) is 10.6. The molecule has 1 aromatic heterocycles. The predicted molar refractivity (Wildman–Crippen MR) is 84.6 cm³/mol. The van der Waals surface area contributed by atoms with E-state index in [0.717, 1.165) is 21.9 Å². The van der Waals surface area contributed by atoms with E-state index < -0.39 is 17.4 Å². The van der Waals surface area contributed by atoms with Crippen LogP contribution in [0.25, 0.3) is 10.9 Å². The Labute approximate surface area is 136 Å². The summed E-state index contributed by atoms with van der Waals surface area (Å²) in [5, 5.41) is 0.969. The Bertz CT molecular complexity index is 749. The number of nitrogens with zero attached hydrogens (tertiary/aromatic N) is 1. The summed E-state index contributed by atoms with van der Waals surface area (Å²) in [6.45, 7) is 0.755. The van der Waals surface area contributed by atoms with Crippen LogP contribution in [0, 0.1) is 0 Å². The minimum atomic E-state index is -1.39. The molecular weight excluding hydrogens is 350 g/mol. The van der Waals surface area contributed by atoms with E-state index in [1.54, 1.807) is 0 Å². The molecule has 116 valence electrons. The summed E-state index contributed by atoms with van der Waals surface area (Å²) in [6.07, 6.45) is 1.09. The number of benzene rings is 1. The number of hydrogen-bond acceptors (Lipinski definition) is 4. The van der Waals surface area contributed by atoms with Crippen molar-refractivity contribution < 1.29 is 19.1 Å². The van der Waals surface area contributed by atoms with Crippen molar-refractivity contribution in [3.8, 4) is 0 Å². The van der Waals surface area contributed by atoms with E-state index in [1.165, 1.54) is 14.2 Å². The largest absolute Gasteiger partial charge is 0.468 e. The average Bonchev–Trinajstić information content (AvgIpc) is 2.93. The number of carbonyl (C=O) groups is 2. The number of methoxy groups -OCH3 is 2. The van der Waals surface area contributed by atoms with E-state index >= 15 is 0 Å². The van der Waals surface area contributed by atoms with E-state index in [9.17, 15) is 9.59 Å². The topological polar surface area (TPSA) is 57.5 Å². The summed E-state index contributed by atoms with van der Waals surface area (Å²) in [7, 11) is 2.59. The van der Waals surface area contributed by atoms with E-state index in [4.69, 9.17) is 9.47 Å². The third-order valence-corrected chi connectivity index (χ3v) is 5.02. The second kappa shape index (κ2) is 5.43. The molecule has 1 aliphatic rings. The molecule has 0 unspecified atom stereocenters. The predicted octanol–water partition coefficient (Wildman–Crippen LogP) is 2.78. The van der Waals surface area contributed by atoms with Gasteiger partial charge in [-0.3, -0.25) is 9.59 Å². The molecule has 0 N–H and O–H groups in total. The van der Waals surface area contributed by atoms with Crippen LogP contribution in [0.3, 0.4) is 0 Å². The van der Waals surface area contributed by atoms with Crippen LogP contribution in [0.15, 0.2) is 28.7 Å². The van der Waals surface area contributed by atoms with Gasteiger partial charge < -0.3 is 14.0 Å². The molecule has 5 nitrogen and oxygen atoms in total. The fourth-order valence-corrected chi connectivity index (χ4v) is 3.79. The van der Waals surface area contributed by atoms with Crippen LogP contribution in [0.2, 0.25) is 0 Å². The number of hydrogen-bond donors (Lipinski definition) is 0. The Balaban J connectivity index is 2.34. The van der Waals surface area contributed by atoms with Crippen LogP contribution in [0.1, 0.15) is 18.5 Å². The lowest BCUT2D eigenvalue weighted by atomic mass is 9.77. The van der Waals surface area contributed by atoms with Crippen molar-refractivity contribution >= 4 is 38.8 Å². The van der Waals surface area contributed by atoms with Crippen LogP contribution < -0.4 is 0 Å². The minimum Gasteiger partial charge on any atom is -0.468 e. The van der Waals surface area contributed by atoms with Crippen LogP contribution in [0.4, 0.5) is 0 Å². The number of fused-ring (bicyclic) bond motifs is 3. The van der Waals surface area contributed by atoms with E-state index in [1.807, 2.05) is 28.8 Å². The van der Waals surface area contributed by atoms with Gasteiger partial charge in [-0.05, 0) is 31.0 Å². The number of rotatable bonds is 2. The van der Waals surface area contributed by atoms with E-state index in [2.05, 4.69) is 15.9 Å². The van der Waals surface area contributed by atoms with Gasteiger partial charge in [0.2, 0.25) is 5.41 Å². The third kappa shape index (κ3) is 1.90. The zero-order valence-corrected chi connectivity index (χ0v) is 14.0. The second-order valence-electron chi connectivity index (χ2n) is 5.35. The molecule has 2 aromatic rings. The molecule has 6 heteroatoms. The molecule has 1 aromatic carbocycles. The molecule has 0 aliphatic carbocycles. The Morgan fingerprint density at radius 2 is 1.91 bits per heavy atom. The van der Waals surface area contributed by atoms with Gasteiger partial charge in [0, 0.05) is 27.6 Å². The summed E-state index contributed by atoms with van der Waals surface area (Å²) in [6, 6.07) is 7.74. The number of carbonyl (C=O) groups excluding carboxylic acids is 2. The highest BCUT2D eigenvalue weighted by atomic mass is 79.9. The van der Waals surface area contributed by atoms with Crippen LogP contribution in [-0.2, 0) is 31.0 Å². The Morgan fingerprint density at radius 3 is 2.55 bits per heavy atom. The molecule has 0 radical (unpaired) electrons. The molecule has 0 saturated heterocycles. The fraction of sp³-hybridized carbons (Fsp3) is 0.375. The monoisotopic (exact) mass is 365 g/mol. The van der Waals surface area contributed by atoms with Gasteiger partial charge in [0.1, 0.15) is 0 Å². The third-order valence-electron chi connectivity index (χ3n) is 4.33. The Hall–Kier alpha value is -1.82. The molecule has 0 fully saturated rings. The van der Waals surface area contributed by atoms with E-state index in [0.29, 0.717) is 18.5 Å². The maximum Gasteiger partial charge on any atom is 0.329 e. The van der Waals surface area contributed by atoms with Gasteiger partial charge in [-0.15, -0.1) is 0 Å². The quantitative estimate of drug-likeness (QED) is 0.606. The fourth-order valence-electron chi connectivity index (χ4n) is 3.32. The smallest absolute Gasteiger partial charge is 0.329 e. The second-order valence-corrected chi connectivity index (χ2v) is 6.20. The Kier molecular flexibility index (Phi) is 3.72. The van der Waals surface area contributed by atoms with E-state index in [-0.39, 0.29) is 0 Å². The van der Waals surface area contributed by atoms with Crippen molar-refractivity contribution in [2.24, 2.45) is 0 Å². The van der Waals surface area contributed by atoms with Gasteiger partial charge in [0.05, 0.1) is 14.2 Å². The normalized spacial score (nSPS) is 16.1. The molecular formula is C16H16BrNO4. The highest BCUT2D eigenvalue weighted by Gasteiger charge is 2.53. The highest BCUT2D eigenvalue weighted by Crippen LogP contribution is 2.41. The molecule has 3 rings (SSSR count). The molecule has 0 atom stereocenters. The van der Waals surface area contributed by atoms with Crippen molar-refractivity contribution in [3.05, 3.63) is 34.4 Å². The molecule has 0 bridgehead atoms. The lowest BCUT2D eigenvalue weighted by Crippen LogP contribution is -2.49. The lowest BCUT2D eigenvalue weighted by Gasteiger charge is -2.33. The first kappa shape index (κ1) is 15.1. The number of esters is 2. The zero-order chi connectivity index (χ0) is 15.9.